The molecule has 1 aliphatic carbocycles. The smallest absolute Gasteiger partial charge is 0.271 e. The van der Waals surface area contributed by atoms with Gasteiger partial charge in [-0.05, 0) is 64.7 Å². The number of carbonyl (C=O) groups excluding carboxylic acids is 1. The Morgan fingerprint density at radius 2 is 1.86 bits per heavy atom. The third-order valence-electron chi connectivity index (χ3n) is 5.35. The second kappa shape index (κ2) is 7.65. The molecule has 0 radical (unpaired) electrons. The molecule has 0 bridgehead atoms. The second-order valence-electron chi connectivity index (χ2n) is 7.73. The van der Waals surface area contributed by atoms with E-state index in [4.69, 9.17) is 0 Å². The molecule has 0 spiro atoms. The summed E-state index contributed by atoms with van der Waals surface area (Å²) in [6.07, 6.45) is 3.13. The van der Waals surface area contributed by atoms with Gasteiger partial charge in [0.1, 0.15) is 5.69 Å². The molecule has 1 aliphatic rings. The Hall–Kier alpha value is -3.23. The summed E-state index contributed by atoms with van der Waals surface area (Å²) < 4.78 is 3.32. The number of aromatic amines is 1. The molecule has 0 atom stereocenters. The molecule has 152 valence electrons. The van der Waals surface area contributed by atoms with E-state index in [-0.39, 0.29) is 23.6 Å². The summed E-state index contributed by atoms with van der Waals surface area (Å²) in [4.78, 5) is 24.7. The molecular weight excluding hydrogens is 370 g/mol. The number of amides is 1. The van der Waals surface area contributed by atoms with Crippen molar-refractivity contribution in [1.82, 2.24) is 35.1 Å². The first-order valence-electron chi connectivity index (χ1n) is 9.87. The van der Waals surface area contributed by atoms with E-state index >= 15 is 0 Å². The van der Waals surface area contributed by atoms with Crippen molar-refractivity contribution in [2.45, 2.75) is 58.5 Å². The predicted molar refractivity (Wildman–Crippen MR) is 107 cm³/mol. The number of nitrogens with one attached hydrogen (secondary N) is 2. The van der Waals surface area contributed by atoms with E-state index in [1.165, 1.54) is 0 Å². The predicted octanol–water partition coefficient (Wildman–Crippen LogP) is 1.99. The molecule has 9 nitrogen and oxygen atoms in total. The Morgan fingerprint density at radius 3 is 2.48 bits per heavy atom. The van der Waals surface area contributed by atoms with Crippen LogP contribution in [0.1, 0.15) is 59.3 Å². The van der Waals surface area contributed by atoms with E-state index in [1.807, 2.05) is 26.8 Å². The van der Waals surface area contributed by atoms with E-state index in [0.29, 0.717) is 11.5 Å². The van der Waals surface area contributed by atoms with Crippen molar-refractivity contribution >= 4 is 5.91 Å². The van der Waals surface area contributed by atoms with Gasteiger partial charge in [0.2, 0.25) is 0 Å². The van der Waals surface area contributed by atoms with Gasteiger partial charge in [-0.3, -0.25) is 14.7 Å². The van der Waals surface area contributed by atoms with Gasteiger partial charge in [0.05, 0.1) is 11.7 Å². The van der Waals surface area contributed by atoms with Crippen LogP contribution in [0.5, 0.6) is 0 Å². The standard InChI is InChI=1S/C20H25N7O2/c1-12-11-17(23-22-12)20(29)21-15-4-6-16(7-5-15)27-19(28)9-8-18(25-27)26-14(3)10-13(2)24-26/h8-11,15-16H,4-7H2,1-3H3,(H,21,29)(H,22,23). The molecule has 4 rings (SSSR count). The van der Waals surface area contributed by atoms with E-state index < -0.39 is 0 Å². The minimum absolute atomic E-state index is 0.0141. The quantitative estimate of drug-likeness (QED) is 0.702. The fourth-order valence-corrected chi connectivity index (χ4v) is 3.91. The summed E-state index contributed by atoms with van der Waals surface area (Å²) in [7, 11) is 0. The fourth-order valence-electron chi connectivity index (χ4n) is 3.91. The van der Waals surface area contributed by atoms with Crippen molar-refractivity contribution in [3.8, 4) is 5.82 Å². The monoisotopic (exact) mass is 395 g/mol. The summed E-state index contributed by atoms with van der Waals surface area (Å²) in [6.45, 7) is 5.76. The number of H-pyrrole nitrogens is 1. The van der Waals surface area contributed by atoms with Crippen LogP contribution >= 0.6 is 0 Å². The number of rotatable bonds is 4. The average molecular weight is 395 g/mol. The van der Waals surface area contributed by atoms with E-state index in [1.54, 1.807) is 27.6 Å². The number of carbonyl (C=O) groups is 1. The summed E-state index contributed by atoms with van der Waals surface area (Å²) >= 11 is 0. The number of nitrogens with zero attached hydrogens (tertiary/aromatic N) is 5. The lowest BCUT2D eigenvalue weighted by Crippen LogP contribution is -2.39. The maximum Gasteiger partial charge on any atom is 0.271 e. The van der Waals surface area contributed by atoms with Crippen molar-refractivity contribution in [2.24, 2.45) is 0 Å². The van der Waals surface area contributed by atoms with Gasteiger partial charge in [0, 0.05) is 23.5 Å². The molecule has 0 aromatic carbocycles. The zero-order chi connectivity index (χ0) is 20.5. The number of hydrogen-bond acceptors (Lipinski definition) is 5. The van der Waals surface area contributed by atoms with Crippen LogP contribution in [0.15, 0.2) is 29.1 Å². The lowest BCUT2D eigenvalue weighted by Gasteiger charge is -2.29. The molecule has 29 heavy (non-hydrogen) atoms. The van der Waals surface area contributed by atoms with E-state index in [2.05, 4.69) is 25.7 Å². The topological polar surface area (TPSA) is 110 Å². The highest BCUT2D eigenvalue weighted by atomic mass is 16.2. The van der Waals surface area contributed by atoms with Crippen molar-refractivity contribution in [1.29, 1.82) is 0 Å². The molecule has 2 N–H and O–H groups in total. The highest BCUT2D eigenvalue weighted by Gasteiger charge is 2.26. The van der Waals surface area contributed by atoms with Gasteiger partial charge in [0.25, 0.3) is 11.5 Å². The Kier molecular flexibility index (Phi) is 5.04. The Morgan fingerprint density at radius 1 is 1.10 bits per heavy atom. The molecule has 3 aromatic heterocycles. The highest BCUT2D eigenvalue weighted by molar-refractivity contribution is 5.92. The molecule has 1 fully saturated rings. The van der Waals surface area contributed by atoms with Crippen LogP contribution in [0.4, 0.5) is 0 Å². The fraction of sp³-hybridized carbons (Fsp3) is 0.450. The Labute approximate surface area is 168 Å². The van der Waals surface area contributed by atoms with E-state index in [0.717, 1.165) is 42.8 Å². The summed E-state index contributed by atoms with van der Waals surface area (Å²) in [5.41, 5.74) is 3.02. The lowest BCUT2D eigenvalue weighted by atomic mass is 9.91. The van der Waals surface area contributed by atoms with Crippen LogP contribution in [-0.2, 0) is 0 Å². The third kappa shape index (κ3) is 3.98. The van der Waals surface area contributed by atoms with Crippen molar-refractivity contribution in [2.75, 3.05) is 0 Å². The molecular formula is C20H25N7O2. The Balaban J connectivity index is 1.44. The first-order chi connectivity index (χ1) is 13.9. The summed E-state index contributed by atoms with van der Waals surface area (Å²) in [6, 6.07) is 7.05. The van der Waals surface area contributed by atoms with Crippen molar-refractivity contribution in [3.63, 3.8) is 0 Å². The number of aryl methyl sites for hydroxylation is 3. The maximum atomic E-state index is 12.4. The van der Waals surface area contributed by atoms with Gasteiger partial charge in [-0.25, -0.2) is 9.36 Å². The van der Waals surface area contributed by atoms with Crippen LogP contribution < -0.4 is 10.9 Å². The molecule has 3 aromatic rings. The molecule has 3 heterocycles. The zero-order valence-electron chi connectivity index (χ0n) is 16.8. The maximum absolute atomic E-state index is 12.4. The van der Waals surface area contributed by atoms with Gasteiger partial charge in [-0.1, -0.05) is 0 Å². The average Bonchev–Trinajstić information content (AvgIpc) is 3.28. The SMILES string of the molecule is Cc1cc(C)n(-c2ccc(=O)n(C3CCC(NC(=O)c4cc(C)[nH]n4)CC3)n2)n1. The summed E-state index contributed by atoms with van der Waals surface area (Å²) in [5.74, 6) is 0.471. The van der Waals surface area contributed by atoms with Gasteiger partial charge in [-0.15, -0.1) is 5.10 Å². The summed E-state index contributed by atoms with van der Waals surface area (Å²) in [5, 5.41) is 18.9. The molecule has 1 saturated carbocycles. The van der Waals surface area contributed by atoms with Gasteiger partial charge in [0.15, 0.2) is 5.82 Å². The Bertz CT molecular complexity index is 1090. The van der Waals surface area contributed by atoms with Crippen LogP contribution in [0.3, 0.4) is 0 Å². The minimum atomic E-state index is -0.167. The van der Waals surface area contributed by atoms with Crippen LogP contribution in [0, 0.1) is 20.8 Å². The largest absolute Gasteiger partial charge is 0.348 e. The van der Waals surface area contributed by atoms with Gasteiger partial charge >= 0.3 is 0 Å². The van der Waals surface area contributed by atoms with Crippen molar-refractivity contribution in [3.05, 3.63) is 57.4 Å². The van der Waals surface area contributed by atoms with Crippen LogP contribution in [0.2, 0.25) is 0 Å². The van der Waals surface area contributed by atoms with Crippen LogP contribution in [-0.4, -0.2) is 41.7 Å². The molecule has 0 aliphatic heterocycles. The minimum Gasteiger partial charge on any atom is -0.348 e. The normalized spacial score (nSPS) is 19.3. The van der Waals surface area contributed by atoms with Crippen molar-refractivity contribution < 1.29 is 4.79 Å². The molecule has 9 heteroatoms. The first-order valence-corrected chi connectivity index (χ1v) is 9.87. The number of hydrogen-bond donors (Lipinski definition) is 2. The lowest BCUT2D eigenvalue weighted by molar-refractivity contribution is 0.0916. The van der Waals surface area contributed by atoms with Crippen LogP contribution in [0.25, 0.3) is 5.82 Å². The third-order valence-corrected chi connectivity index (χ3v) is 5.35. The molecule has 1 amide bonds. The van der Waals surface area contributed by atoms with Gasteiger partial charge in [-0.2, -0.15) is 10.2 Å². The highest BCUT2D eigenvalue weighted by Crippen LogP contribution is 2.27. The number of aromatic nitrogens is 6. The molecule has 0 unspecified atom stereocenters. The van der Waals surface area contributed by atoms with E-state index in [9.17, 15) is 9.59 Å². The second-order valence-corrected chi connectivity index (χ2v) is 7.73. The first kappa shape index (κ1) is 19.1. The molecule has 0 saturated heterocycles. The van der Waals surface area contributed by atoms with Gasteiger partial charge < -0.3 is 5.32 Å². The zero-order valence-corrected chi connectivity index (χ0v) is 16.8.